The van der Waals surface area contributed by atoms with Crippen LogP contribution in [0.15, 0.2) is 15.8 Å². The molecule has 0 bridgehead atoms. The zero-order valence-electron chi connectivity index (χ0n) is 18.4. The molecular weight excluding hydrogens is 429 g/mol. The summed E-state index contributed by atoms with van der Waals surface area (Å²) in [6, 6.07) is 0. The molecule has 0 radical (unpaired) electrons. The molecule has 12 heteroatoms. The molecule has 32 heavy (non-hydrogen) atoms. The maximum absolute atomic E-state index is 14.9. The van der Waals surface area contributed by atoms with Crippen LogP contribution >= 0.6 is 0 Å². The smallest absolute Gasteiger partial charge is 0.332 e. The average molecular weight is 464 g/mol. The number of H-pyrrole nitrogens is 1. The fourth-order valence-electron chi connectivity index (χ4n) is 3.89. The Balaban J connectivity index is 2.36. The predicted octanol–water partition coefficient (Wildman–Crippen LogP) is -0.120. The lowest BCUT2D eigenvalue weighted by Crippen LogP contribution is -2.69. The summed E-state index contributed by atoms with van der Waals surface area (Å²) in [7, 11) is 0. The highest BCUT2D eigenvalue weighted by molar-refractivity contribution is 5.10. The highest BCUT2D eigenvalue weighted by atomic mass is 19.1. The summed E-state index contributed by atoms with van der Waals surface area (Å²) < 4.78 is 20.4. The Morgan fingerprint density at radius 2 is 1.84 bits per heavy atom. The quantitative estimate of drug-likeness (QED) is 0.107. The summed E-state index contributed by atoms with van der Waals surface area (Å²) in [4.78, 5) is 26.2. The Morgan fingerprint density at radius 3 is 2.44 bits per heavy atom. The summed E-state index contributed by atoms with van der Waals surface area (Å²) in [5.41, 5.74) is -5.25. The van der Waals surface area contributed by atoms with Crippen molar-refractivity contribution in [2.45, 2.75) is 95.4 Å². The summed E-state index contributed by atoms with van der Waals surface area (Å²) in [5, 5.41) is 52.5. The second kappa shape index (κ2) is 11.0. The lowest BCUT2D eigenvalue weighted by Gasteiger charge is -2.43. The van der Waals surface area contributed by atoms with Gasteiger partial charge in [0.2, 0.25) is 5.72 Å². The standard InChI is InChI=1S/C20H34FN3O8/c1-3-5-6-7-8-9-10-15(21)24(31)19(29)16(26)14(12-25)32-20(19,30)23-11-13(4-2)17(27)22-18(23)28/h11,14-16,25-26,29-31H,3-10,12H2,1-2H3,(H,22,27,28)/t14-,15?,16-,19-,20-/m1/s1. The molecule has 11 nitrogen and oxygen atoms in total. The summed E-state index contributed by atoms with van der Waals surface area (Å²) in [5.74, 6) is -3.23. The van der Waals surface area contributed by atoms with Crippen LogP contribution in [0.2, 0.25) is 0 Å². The van der Waals surface area contributed by atoms with Gasteiger partial charge >= 0.3 is 11.6 Å². The molecular formula is C20H34FN3O8. The van der Waals surface area contributed by atoms with Crippen molar-refractivity contribution < 1.29 is 34.8 Å². The number of alkyl halides is 1. The highest BCUT2D eigenvalue weighted by Crippen LogP contribution is 2.44. The van der Waals surface area contributed by atoms with Gasteiger partial charge in [0.15, 0.2) is 6.30 Å². The molecule has 6 N–H and O–H groups in total. The molecule has 0 aliphatic carbocycles. The third-order valence-electron chi connectivity index (χ3n) is 5.87. The SMILES string of the molecule is CCCCCCCCC(F)N(O)[C@@]1(O)[C@H](O)[C@@H](CO)O[C@@]1(O)n1cc(CC)c(=O)[nH]c1=O. The summed E-state index contributed by atoms with van der Waals surface area (Å²) in [6.07, 6.45) is -0.368. The minimum atomic E-state index is -3.28. The van der Waals surface area contributed by atoms with E-state index in [9.17, 15) is 39.6 Å². The fraction of sp³-hybridized carbons (Fsp3) is 0.800. The number of ether oxygens (including phenoxy) is 1. The molecule has 2 heterocycles. The number of rotatable bonds is 12. The first kappa shape index (κ1) is 26.6. The fourth-order valence-corrected chi connectivity index (χ4v) is 3.89. The van der Waals surface area contributed by atoms with E-state index in [0.717, 1.165) is 31.9 Å². The molecule has 184 valence electrons. The molecule has 1 aromatic rings. The van der Waals surface area contributed by atoms with Crippen LogP contribution < -0.4 is 11.2 Å². The first-order valence-electron chi connectivity index (χ1n) is 11.0. The molecule has 5 atom stereocenters. The van der Waals surface area contributed by atoms with E-state index in [1.54, 1.807) is 6.92 Å². The van der Waals surface area contributed by atoms with Crippen molar-refractivity contribution in [3.63, 3.8) is 0 Å². The van der Waals surface area contributed by atoms with Crippen LogP contribution in [0.4, 0.5) is 4.39 Å². The molecule has 1 fully saturated rings. The summed E-state index contributed by atoms with van der Waals surface area (Å²) >= 11 is 0. The Labute approximate surface area is 184 Å². The highest BCUT2D eigenvalue weighted by Gasteiger charge is 2.71. The number of nitrogens with one attached hydrogen (secondary N) is 1. The molecule has 0 amide bonds. The lowest BCUT2D eigenvalue weighted by atomic mass is 9.99. The molecule has 1 aromatic heterocycles. The van der Waals surface area contributed by atoms with E-state index >= 15 is 0 Å². The molecule has 0 saturated carbocycles. The second-order valence-electron chi connectivity index (χ2n) is 8.09. The number of aromatic nitrogens is 2. The van der Waals surface area contributed by atoms with Crippen LogP contribution in [0, 0.1) is 0 Å². The number of aliphatic hydroxyl groups excluding tert-OH is 2. The van der Waals surface area contributed by atoms with E-state index in [0.29, 0.717) is 17.4 Å². The van der Waals surface area contributed by atoms with Crippen molar-refractivity contribution in [1.82, 2.24) is 14.6 Å². The van der Waals surface area contributed by atoms with E-state index in [4.69, 9.17) is 4.74 Å². The maximum atomic E-state index is 14.9. The third kappa shape index (κ3) is 4.81. The number of halogens is 1. The van der Waals surface area contributed by atoms with Crippen molar-refractivity contribution in [2.24, 2.45) is 0 Å². The first-order chi connectivity index (χ1) is 15.1. The van der Waals surface area contributed by atoms with E-state index in [1.165, 1.54) is 0 Å². The van der Waals surface area contributed by atoms with E-state index in [-0.39, 0.29) is 23.5 Å². The van der Waals surface area contributed by atoms with Gasteiger partial charge in [-0.1, -0.05) is 46.0 Å². The minimum Gasteiger partial charge on any atom is -0.394 e. The molecule has 1 saturated heterocycles. The molecule has 2 rings (SSSR count). The van der Waals surface area contributed by atoms with Crippen LogP contribution in [0.1, 0.15) is 64.4 Å². The number of hydrogen-bond acceptors (Lipinski definition) is 9. The summed E-state index contributed by atoms with van der Waals surface area (Å²) in [6.45, 7) is 2.73. The topological polar surface area (TPSA) is 168 Å². The second-order valence-corrected chi connectivity index (χ2v) is 8.09. The number of aryl methyl sites for hydroxylation is 1. The van der Waals surface area contributed by atoms with Gasteiger partial charge in [0.05, 0.1) is 6.61 Å². The lowest BCUT2D eigenvalue weighted by molar-refractivity contribution is -0.428. The van der Waals surface area contributed by atoms with Crippen LogP contribution in [0.25, 0.3) is 0 Å². The van der Waals surface area contributed by atoms with E-state index in [2.05, 4.69) is 6.92 Å². The largest absolute Gasteiger partial charge is 0.394 e. The van der Waals surface area contributed by atoms with Crippen molar-refractivity contribution in [1.29, 1.82) is 0 Å². The third-order valence-corrected chi connectivity index (χ3v) is 5.87. The van der Waals surface area contributed by atoms with Gasteiger partial charge < -0.3 is 30.4 Å². The zero-order chi connectivity index (χ0) is 24.1. The maximum Gasteiger partial charge on any atom is 0.332 e. The van der Waals surface area contributed by atoms with Crippen molar-refractivity contribution in [2.75, 3.05) is 6.61 Å². The van der Waals surface area contributed by atoms with Crippen molar-refractivity contribution in [3.05, 3.63) is 32.6 Å². The number of aromatic amines is 1. The van der Waals surface area contributed by atoms with Gasteiger partial charge in [-0.25, -0.2) is 13.8 Å². The van der Waals surface area contributed by atoms with Crippen LogP contribution in [0.3, 0.4) is 0 Å². The van der Waals surface area contributed by atoms with Gasteiger partial charge in [-0.15, -0.1) is 5.06 Å². The number of hydrogen-bond donors (Lipinski definition) is 6. The van der Waals surface area contributed by atoms with Crippen molar-refractivity contribution >= 4 is 0 Å². The van der Waals surface area contributed by atoms with Crippen LogP contribution in [0.5, 0.6) is 0 Å². The zero-order valence-corrected chi connectivity index (χ0v) is 18.4. The number of unbranched alkanes of at least 4 members (excludes halogenated alkanes) is 5. The van der Waals surface area contributed by atoms with Crippen LogP contribution in [-0.4, -0.2) is 71.1 Å². The molecule has 0 spiro atoms. The van der Waals surface area contributed by atoms with Gasteiger partial charge in [-0.3, -0.25) is 9.78 Å². The number of hydroxylamine groups is 2. The Bertz CT molecular complexity index is 864. The molecule has 1 unspecified atom stereocenters. The first-order valence-corrected chi connectivity index (χ1v) is 11.0. The van der Waals surface area contributed by atoms with Gasteiger partial charge in [0.25, 0.3) is 5.56 Å². The predicted molar refractivity (Wildman–Crippen MR) is 110 cm³/mol. The Hall–Kier alpha value is -1.67. The minimum absolute atomic E-state index is 0.0132. The van der Waals surface area contributed by atoms with Crippen LogP contribution in [-0.2, 0) is 17.1 Å². The van der Waals surface area contributed by atoms with Gasteiger partial charge in [0.1, 0.15) is 12.2 Å². The monoisotopic (exact) mass is 463 g/mol. The Morgan fingerprint density at radius 1 is 1.22 bits per heavy atom. The van der Waals surface area contributed by atoms with Gasteiger partial charge in [-0.2, -0.15) is 0 Å². The number of nitrogens with zero attached hydrogens (tertiary/aromatic N) is 2. The Kier molecular flexibility index (Phi) is 9.11. The van der Waals surface area contributed by atoms with E-state index in [1.807, 2.05) is 4.98 Å². The average Bonchev–Trinajstić information content (AvgIpc) is 2.97. The van der Waals surface area contributed by atoms with Crippen molar-refractivity contribution in [3.8, 4) is 0 Å². The van der Waals surface area contributed by atoms with Gasteiger partial charge in [0, 0.05) is 11.8 Å². The molecule has 0 aromatic carbocycles. The molecule has 1 aliphatic heterocycles. The number of aliphatic hydroxyl groups is 4. The normalized spacial score (nSPS) is 29.0. The van der Waals surface area contributed by atoms with E-state index < -0.39 is 48.0 Å². The molecule has 1 aliphatic rings. The van der Waals surface area contributed by atoms with Gasteiger partial charge in [-0.05, 0) is 19.3 Å².